The third kappa shape index (κ3) is 3.77. The SMILES string of the molecule is CCC(C)CN(CC)c1ccc(C(=N)N)cc1. The minimum Gasteiger partial charge on any atom is -0.384 e. The van der Waals surface area contributed by atoms with Crippen LogP contribution in [0.1, 0.15) is 32.8 Å². The highest BCUT2D eigenvalue weighted by Crippen LogP contribution is 2.17. The van der Waals surface area contributed by atoms with Gasteiger partial charge in [-0.05, 0) is 37.1 Å². The molecule has 3 nitrogen and oxygen atoms in total. The summed E-state index contributed by atoms with van der Waals surface area (Å²) < 4.78 is 0. The minimum atomic E-state index is 0.126. The third-order valence-electron chi connectivity index (χ3n) is 3.15. The number of rotatable bonds is 6. The van der Waals surface area contributed by atoms with Gasteiger partial charge in [0.25, 0.3) is 0 Å². The molecule has 0 saturated carbocycles. The summed E-state index contributed by atoms with van der Waals surface area (Å²) in [5.41, 5.74) is 7.44. The summed E-state index contributed by atoms with van der Waals surface area (Å²) in [5.74, 6) is 0.823. The summed E-state index contributed by atoms with van der Waals surface area (Å²) in [4.78, 5) is 2.36. The second-order valence-corrected chi connectivity index (χ2v) is 4.51. The summed E-state index contributed by atoms with van der Waals surface area (Å²) in [6.07, 6.45) is 1.20. The fourth-order valence-corrected chi connectivity index (χ4v) is 1.77. The maximum atomic E-state index is 7.37. The molecule has 17 heavy (non-hydrogen) atoms. The van der Waals surface area contributed by atoms with E-state index in [1.54, 1.807) is 0 Å². The molecular formula is C14H23N3. The van der Waals surface area contributed by atoms with Crippen LogP contribution >= 0.6 is 0 Å². The van der Waals surface area contributed by atoms with E-state index in [-0.39, 0.29) is 5.84 Å². The number of nitrogens with one attached hydrogen (secondary N) is 1. The third-order valence-corrected chi connectivity index (χ3v) is 3.15. The van der Waals surface area contributed by atoms with Crippen molar-refractivity contribution in [3.63, 3.8) is 0 Å². The molecule has 1 rings (SSSR count). The number of nitrogen functional groups attached to an aromatic ring is 1. The van der Waals surface area contributed by atoms with Crippen molar-refractivity contribution in [2.75, 3.05) is 18.0 Å². The molecule has 1 unspecified atom stereocenters. The maximum Gasteiger partial charge on any atom is 0.122 e. The first-order valence-electron chi connectivity index (χ1n) is 6.27. The molecule has 0 aliphatic carbocycles. The highest BCUT2D eigenvalue weighted by molar-refractivity contribution is 5.95. The Hall–Kier alpha value is -1.51. The van der Waals surface area contributed by atoms with Gasteiger partial charge in [0.05, 0.1) is 0 Å². The van der Waals surface area contributed by atoms with Gasteiger partial charge in [-0.3, -0.25) is 5.41 Å². The lowest BCUT2D eigenvalue weighted by atomic mass is 10.1. The van der Waals surface area contributed by atoms with Crippen molar-refractivity contribution in [1.29, 1.82) is 5.41 Å². The number of amidine groups is 1. The molecular weight excluding hydrogens is 210 g/mol. The predicted molar refractivity (Wildman–Crippen MR) is 74.8 cm³/mol. The number of benzene rings is 1. The van der Waals surface area contributed by atoms with Gasteiger partial charge in [-0.15, -0.1) is 0 Å². The van der Waals surface area contributed by atoms with Crippen molar-refractivity contribution in [3.05, 3.63) is 29.8 Å². The van der Waals surface area contributed by atoms with E-state index in [1.165, 1.54) is 12.1 Å². The van der Waals surface area contributed by atoms with Crippen LogP contribution in [0.4, 0.5) is 5.69 Å². The second kappa shape index (κ2) is 6.28. The molecule has 0 bridgehead atoms. The van der Waals surface area contributed by atoms with Gasteiger partial charge in [-0.1, -0.05) is 20.3 Å². The van der Waals surface area contributed by atoms with Crippen LogP contribution in [-0.4, -0.2) is 18.9 Å². The van der Waals surface area contributed by atoms with Crippen LogP contribution in [0, 0.1) is 11.3 Å². The van der Waals surface area contributed by atoms with E-state index < -0.39 is 0 Å². The number of nitrogens with two attached hydrogens (primary N) is 1. The average molecular weight is 233 g/mol. The van der Waals surface area contributed by atoms with E-state index in [4.69, 9.17) is 11.1 Å². The first kappa shape index (κ1) is 13.6. The Labute approximate surface area is 104 Å². The van der Waals surface area contributed by atoms with Crippen LogP contribution in [0.2, 0.25) is 0 Å². The largest absolute Gasteiger partial charge is 0.384 e. The Bertz CT molecular complexity index is 356. The highest BCUT2D eigenvalue weighted by atomic mass is 15.1. The van der Waals surface area contributed by atoms with Crippen LogP contribution in [-0.2, 0) is 0 Å². The Morgan fingerprint density at radius 2 is 1.88 bits per heavy atom. The van der Waals surface area contributed by atoms with E-state index in [1.807, 2.05) is 24.3 Å². The molecule has 0 amide bonds. The van der Waals surface area contributed by atoms with Crippen molar-refractivity contribution < 1.29 is 0 Å². The predicted octanol–water partition coefficient (Wildman–Crippen LogP) is 2.84. The lowest BCUT2D eigenvalue weighted by molar-refractivity contribution is 0.548. The van der Waals surface area contributed by atoms with Gasteiger partial charge < -0.3 is 10.6 Å². The lowest BCUT2D eigenvalue weighted by Crippen LogP contribution is -2.28. The Balaban J connectivity index is 2.78. The van der Waals surface area contributed by atoms with Gasteiger partial charge in [0.2, 0.25) is 0 Å². The molecule has 0 heterocycles. The van der Waals surface area contributed by atoms with E-state index in [0.717, 1.165) is 18.7 Å². The molecule has 0 aliphatic rings. The Morgan fingerprint density at radius 3 is 2.29 bits per heavy atom. The molecule has 3 heteroatoms. The van der Waals surface area contributed by atoms with Gasteiger partial charge in [0.1, 0.15) is 5.84 Å². The van der Waals surface area contributed by atoms with E-state index in [0.29, 0.717) is 5.92 Å². The Kier molecular flexibility index (Phi) is 5.01. The van der Waals surface area contributed by atoms with Crippen LogP contribution < -0.4 is 10.6 Å². The number of hydrogen-bond donors (Lipinski definition) is 2. The fourth-order valence-electron chi connectivity index (χ4n) is 1.77. The minimum absolute atomic E-state index is 0.126. The van der Waals surface area contributed by atoms with Crippen molar-refractivity contribution in [2.45, 2.75) is 27.2 Å². The van der Waals surface area contributed by atoms with Crippen molar-refractivity contribution in [3.8, 4) is 0 Å². The van der Waals surface area contributed by atoms with Crippen LogP contribution in [0.3, 0.4) is 0 Å². The second-order valence-electron chi connectivity index (χ2n) is 4.51. The topological polar surface area (TPSA) is 53.1 Å². The zero-order valence-electron chi connectivity index (χ0n) is 11.0. The fraction of sp³-hybridized carbons (Fsp3) is 0.500. The molecule has 0 saturated heterocycles. The summed E-state index contributed by atoms with van der Waals surface area (Å²) in [6, 6.07) is 7.92. The van der Waals surface area contributed by atoms with Crippen LogP contribution in [0.25, 0.3) is 0 Å². The zero-order chi connectivity index (χ0) is 12.8. The van der Waals surface area contributed by atoms with Gasteiger partial charge in [0, 0.05) is 24.3 Å². The summed E-state index contributed by atoms with van der Waals surface area (Å²) in [6.45, 7) is 8.74. The van der Waals surface area contributed by atoms with E-state index in [2.05, 4.69) is 25.7 Å². The van der Waals surface area contributed by atoms with Gasteiger partial charge >= 0.3 is 0 Å². The molecule has 1 atom stereocenters. The first-order chi connectivity index (χ1) is 8.08. The molecule has 0 spiro atoms. The molecule has 0 radical (unpaired) electrons. The molecule has 1 aromatic carbocycles. The van der Waals surface area contributed by atoms with E-state index >= 15 is 0 Å². The maximum absolute atomic E-state index is 7.37. The van der Waals surface area contributed by atoms with Gasteiger partial charge in [-0.25, -0.2) is 0 Å². The number of anilines is 1. The quantitative estimate of drug-likeness (QED) is 0.586. The van der Waals surface area contributed by atoms with Gasteiger partial charge in [0.15, 0.2) is 0 Å². The van der Waals surface area contributed by atoms with Crippen molar-refractivity contribution in [2.24, 2.45) is 11.7 Å². The summed E-state index contributed by atoms with van der Waals surface area (Å²) in [5, 5.41) is 7.37. The molecule has 1 aromatic rings. The normalized spacial score (nSPS) is 12.2. The first-order valence-corrected chi connectivity index (χ1v) is 6.27. The van der Waals surface area contributed by atoms with E-state index in [9.17, 15) is 0 Å². The van der Waals surface area contributed by atoms with Crippen LogP contribution in [0.5, 0.6) is 0 Å². The number of nitrogens with zero attached hydrogens (tertiary/aromatic N) is 1. The lowest BCUT2D eigenvalue weighted by Gasteiger charge is -2.26. The standard InChI is InChI=1S/C14H23N3/c1-4-11(3)10-17(5-2)13-8-6-12(7-9-13)14(15)16/h6-9,11H,4-5,10H2,1-3H3,(H3,15,16). The smallest absolute Gasteiger partial charge is 0.122 e. The van der Waals surface area contributed by atoms with Crippen molar-refractivity contribution in [1.82, 2.24) is 0 Å². The number of hydrogen-bond acceptors (Lipinski definition) is 2. The average Bonchev–Trinajstić information content (AvgIpc) is 2.35. The summed E-state index contributed by atoms with van der Waals surface area (Å²) >= 11 is 0. The van der Waals surface area contributed by atoms with Gasteiger partial charge in [-0.2, -0.15) is 0 Å². The highest BCUT2D eigenvalue weighted by Gasteiger charge is 2.08. The Morgan fingerprint density at radius 1 is 1.29 bits per heavy atom. The molecule has 0 aliphatic heterocycles. The molecule has 0 aromatic heterocycles. The molecule has 94 valence electrons. The zero-order valence-corrected chi connectivity index (χ0v) is 11.0. The van der Waals surface area contributed by atoms with Crippen molar-refractivity contribution >= 4 is 11.5 Å². The monoisotopic (exact) mass is 233 g/mol. The molecule has 3 N–H and O–H groups in total. The molecule has 0 fully saturated rings. The van der Waals surface area contributed by atoms with Crippen LogP contribution in [0.15, 0.2) is 24.3 Å². The summed E-state index contributed by atoms with van der Waals surface area (Å²) in [7, 11) is 0.